The number of aromatic nitrogens is 3. The highest BCUT2D eigenvalue weighted by Gasteiger charge is 2.33. The second-order valence-corrected chi connectivity index (χ2v) is 7.55. The van der Waals surface area contributed by atoms with Crippen molar-refractivity contribution in [1.29, 1.82) is 0 Å². The van der Waals surface area contributed by atoms with Crippen molar-refractivity contribution in [3.05, 3.63) is 42.1 Å². The Morgan fingerprint density at radius 3 is 3.15 bits per heavy atom. The number of rotatable bonds is 3. The summed E-state index contributed by atoms with van der Waals surface area (Å²) in [5, 5.41) is 12.1. The molecule has 26 heavy (non-hydrogen) atoms. The Kier molecular flexibility index (Phi) is 3.83. The van der Waals surface area contributed by atoms with E-state index < -0.39 is 0 Å². The molecule has 3 aliphatic rings. The fourth-order valence-corrected chi connectivity index (χ4v) is 4.35. The summed E-state index contributed by atoms with van der Waals surface area (Å²) in [4.78, 5) is 11.4. The lowest BCUT2D eigenvalue weighted by Gasteiger charge is -2.26. The number of anilines is 1. The number of hydrogen-bond donors (Lipinski definition) is 2. The molecule has 0 bridgehead atoms. The minimum atomic E-state index is 0.170. The van der Waals surface area contributed by atoms with Crippen LogP contribution in [0.4, 0.5) is 5.00 Å². The van der Waals surface area contributed by atoms with Crippen LogP contribution >= 0.6 is 11.5 Å². The van der Waals surface area contributed by atoms with E-state index in [1.807, 2.05) is 36.5 Å². The van der Waals surface area contributed by atoms with Gasteiger partial charge in [-0.2, -0.15) is 9.47 Å². The van der Waals surface area contributed by atoms with Gasteiger partial charge < -0.3 is 15.5 Å². The Hall–Kier alpha value is -2.52. The number of nitrogens with zero attached hydrogens (tertiary/aromatic N) is 6. The first-order chi connectivity index (χ1) is 12.8. The number of amidine groups is 2. The molecule has 0 amide bonds. The summed E-state index contributed by atoms with van der Waals surface area (Å²) in [5.74, 6) is 2.17. The van der Waals surface area contributed by atoms with Crippen molar-refractivity contribution in [3.8, 4) is 0 Å². The van der Waals surface area contributed by atoms with E-state index >= 15 is 0 Å². The summed E-state index contributed by atoms with van der Waals surface area (Å²) in [6.07, 6.45) is 8.90. The number of nitrogens with one attached hydrogen (secondary N) is 2. The largest absolute Gasteiger partial charge is 0.328 e. The first-order valence-electron chi connectivity index (χ1n) is 8.78. The Balaban J connectivity index is 1.33. The maximum atomic E-state index is 4.72. The molecular weight excluding hydrogens is 348 g/mol. The second-order valence-electron chi connectivity index (χ2n) is 6.74. The lowest BCUT2D eigenvalue weighted by atomic mass is 10.1. The van der Waals surface area contributed by atoms with Gasteiger partial charge in [0.25, 0.3) is 0 Å². The Morgan fingerprint density at radius 1 is 1.38 bits per heavy atom. The van der Waals surface area contributed by atoms with E-state index in [-0.39, 0.29) is 6.04 Å². The summed E-state index contributed by atoms with van der Waals surface area (Å²) in [6.45, 7) is 2.79. The molecule has 2 unspecified atom stereocenters. The van der Waals surface area contributed by atoms with Crippen molar-refractivity contribution in [1.82, 2.24) is 24.4 Å². The van der Waals surface area contributed by atoms with Crippen molar-refractivity contribution in [2.24, 2.45) is 17.0 Å². The quantitative estimate of drug-likeness (QED) is 0.862. The summed E-state index contributed by atoms with van der Waals surface area (Å²) >= 11 is 1.48. The molecule has 5 heterocycles. The zero-order chi connectivity index (χ0) is 17.5. The van der Waals surface area contributed by atoms with E-state index in [4.69, 9.17) is 4.99 Å². The van der Waals surface area contributed by atoms with Gasteiger partial charge in [-0.3, -0.25) is 9.67 Å². The smallest absolute Gasteiger partial charge is 0.174 e. The van der Waals surface area contributed by atoms with Crippen molar-refractivity contribution < 1.29 is 0 Å². The molecule has 0 aliphatic carbocycles. The van der Waals surface area contributed by atoms with Gasteiger partial charge >= 0.3 is 0 Å². The molecule has 0 spiro atoms. The third-order valence-corrected chi connectivity index (χ3v) is 5.71. The summed E-state index contributed by atoms with van der Waals surface area (Å²) in [7, 11) is 1.93. The molecule has 5 rings (SSSR count). The number of hydrogen-bond acceptors (Lipinski definition) is 8. The predicted molar refractivity (Wildman–Crippen MR) is 103 cm³/mol. The van der Waals surface area contributed by atoms with E-state index in [0.29, 0.717) is 12.5 Å². The molecule has 0 radical (unpaired) electrons. The second kappa shape index (κ2) is 6.33. The van der Waals surface area contributed by atoms with Crippen LogP contribution in [-0.4, -0.2) is 50.4 Å². The van der Waals surface area contributed by atoms with Crippen LogP contribution in [0.1, 0.15) is 29.6 Å². The molecule has 0 aromatic carbocycles. The maximum absolute atomic E-state index is 4.72. The fraction of sp³-hybridized carbons (Fsp3) is 0.412. The molecule has 1 saturated heterocycles. The van der Waals surface area contributed by atoms with Gasteiger partial charge in [0.15, 0.2) is 11.7 Å². The van der Waals surface area contributed by atoms with Crippen LogP contribution in [-0.2, 0) is 7.05 Å². The molecule has 134 valence electrons. The van der Waals surface area contributed by atoms with Gasteiger partial charge in [-0.15, -0.1) is 0 Å². The van der Waals surface area contributed by atoms with E-state index in [9.17, 15) is 0 Å². The van der Waals surface area contributed by atoms with Crippen molar-refractivity contribution in [2.75, 3.05) is 25.0 Å². The topological polar surface area (TPSA) is 82.7 Å². The first kappa shape index (κ1) is 15.7. The zero-order valence-electron chi connectivity index (χ0n) is 14.5. The van der Waals surface area contributed by atoms with Crippen molar-refractivity contribution in [2.45, 2.75) is 18.4 Å². The van der Waals surface area contributed by atoms with Gasteiger partial charge in [0.1, 0.15) is 5.00 Å². The molecule has 2 N–H and O–H groups in total. The molecule has 8 nitrogen and oxygen atoms in total. The zero-order valence-corrected chi connectivity index (χ0v) is 15.3. The molecule has 2 aromatic rings. The van der Waals surface area contributed by atoms with Gasteiger partial charge in [0.2, 0.25) is 0 Å². The monoisotopic (exact) mass is 368 g/mol. The Morgan fingerprint density at radius 2 is 2.35 bits per heavy atom. The van der Waals surface area contributed by atoms with Gasteiger partial charge in [-0.05, 0) is 30.6 Å². The van der Waals surface area contributed by atoms with Crippen LogP contribution in [0.2, 0.25) is 0 Å². The molecule has 3 aliphatic heterocycles. The highest BCUT2D eigenvalue weighted by Crippen LogP contribution is 2.30. The van der Waals surface area contributed by atoms with Crippen molar-refractivity contribution in [3.63, 3.8) is 0 Å². The van der Waals surface area contributed by atoms with Gasteiger partial charge in [0.05, 0.1) is 24.5 Å². The lowest BCUT2D eigenvalue weighted by Crippen LogP contribution is -2.36. The minimum absolute atomic E-state index is 0.170. The van der Waals surface area contributed by atoms with Crippen LogP contribution in [0, 0.1) is 0 Å². The highest BCUT2D eigenvalue weighted by atomic mass is 32.1. The minimum Gasteiger partial charge on any atom is -0.328 e. The van der Waals surface area contributed by atoms with Crippen LogP contribution in [0.5, 0.6) is 0 Å². The average Bonchev–Trinajstić information content (AvgIpc) is 3.42. The van der Waals surface area contributed by atoms with E-state index in [2.05, 4.69) is 36.1 Å². The number of aryl methyl sites for hydroxylation is 1. The molecular formula is C17H20N8S. The molecule has 1 fully saturated rings. The number of aliphatic imine (C=N–C) groups is 2. The Bertz CT molecular complexity index is 902. The van der Waals surface area contributed by atoms with Crippen LogP contribution in [0.25, 0.3) is 0 Å². The third kappa shape index (κ3) is 2.73. The maximum Gasteiger partial charge on any atom is 0.174 e. The normalized spacial score (nSPS) is 24.6. The number of fused-ring (bicyclic) bond motifs is 1. The fourth-order valence-electron chi connectivity index (χ4n) is 3.63. The molecule has 0 saturated carbocycles. The van der Waals surface area contributed by atoms with Crippen LogP contribution in [0.3, 0.4) is 0 Å². The van der Waals surface area contributed by atoms with E-state index in [1.54, 1.807) is 0 Å². The predicted octanol–water partition coefficient (Wildman–Crippen LogP) is 1.70. The molecule has 2 aromatic heterocycles. The van der Waals surface area contributed by atoms with Gasteiger partial charge in [-0.1, -0.05) is 0 Å². The summed E-state index contributed by atoms with van der Waals surface area (Å²) in [6, 6.07) is 2.31. The Labute approximate surface area is 155 Å². The van der Waals surface area contributed by atoms with Gasteiger partial charge in [0, 0.05) is 43.7 Å². The average molecular weight is 368 g/mol. The van der Waals surface area contributed by atoms with E-state index in [0.717, 1.165) is 47.4 Å². The van der Waals surface area contributed by atoms with Crippen LogP contribution in [0.15, 0.2) is 40.8 Å². The molecule has 9 heteroatoms. The lowest BCUT2D eigenvalue weighted by molar-refractivity contribution is 0.458. The van der Waals surface area contributed by atoms with Crippen LogP contribution < -0.4 is 10.6 Å². The van der Waals surface area contributed by atoms with Crippen molar-refractivity contribution >= 4 is 28.2 Å². The summed E-state index contributed by atoms with van der Waals surface area (Å²) < 4.78 is 6.44. The molecule has 2 atom stereocenters. The highest BCUT2D eigenvalue weighted by molar-refractivity contribution is 7.10. The standard InChI is InChI=1S/C17H20N8S/c1-24-10-12(8-21-24)14-9-20-17-16(19-4-5-25(14)17)22-15-6-13(23-26-15)11-2-3-18-7-11/h4-6,8,10-11,14,18H,2-3,7,9H2,1H3,(H,19,22). The van der Waals surface area contributed by atoms with E-state index in [1.165, 1.54) is 11.5 Å². The first-order valence-corrected chi connectivity index (χ1v) is 9.56. The van der Waals surface area contributed by atoms with Gasteiger partial charge in [-0.25, -0.2) is 4.99 Å². The SMILES string of the molecule is Cn1cc(C2CN=C3C(Nc4cc(C5CCNC5)ns4)=NC=CN32)cn1. The summed E-state index contributed by atoms with van der Waals surface area (Å²) in [5.41, 5.74) is 2.32. The third-order valence-electron chi connectivity index (χ3n) is 5.00.